The topological polar surface area (TPSA) is 126 Å². The lowest BCUT2D eigenvalue weighted by Crippen LogP contribution is -2.50. The third-order valence-corrected chi connectivity index (χ3v) is 7.23. The summed E-state index contributed by atoms with van der Waals surface area (Å²) < 4.78 is 0. The average Bonchev–Trinajstić information content (AvgIpc) is 2.83. The normalized spacial score (nSPS) is 15.8. The number of amides is 1. The number of aromatic nitrogens is 2. The zero-order valence-corrected chi connectivity index (χ0v) is 23.6. The summed E-state index contributed by atoms with van der Waals surface area (Å²) in [5.74, 6) is 1.60. The molecule has 3 rings (SSSR count). The van der Waals surface area contributed by atoms with Crippen molar-refractivity contribution in [2.45, 2.75) is 75.5 Å². The van der Waals surface area contributed by atoms with Gasteiger partial charge in [0.2, 0.25) is 5.91 Å². The third kappa shape index (κ3) is 8.46. The molecule has 2 aromatic rings. The second kappa shape index (κ2) is 12.4. The number of anilines is 2. The molecule has 0 bridgehead atoms. The summed E-state index contributed by atoms with van der Waals surface area (Å²) in [6.45, 7) is 12.2. The van der Waals surface area contributed by atoms with Crippen LogP contribution in [0.5, 0.6) is 0 Å². The molecule has 200 valence electrons. The molecule has 0 saturated carbocycles. The Morgan fingerprint density at radius 3 is 2.43 bits per heavy atom. The number of benzene rings is 1. The monoisotopic (exact) mass is 524 g/mol. The van der Waals surface area contributed by atoms with Crippen LogP contribution < -0.4 is 21.7 Å². The molecule has 37 heavy (non-hydrogen) atoms. The fourth-order valence-electron chi connectivity index (χ4n) is 4.05. The summed E-state index contributed by atoms with van der Waals surface area (Å²) in [5.41, 5.74) is 13.3. The second-order valence-corrected chi connectivity index (χ2v) is 11.4. The van der Waals surface area contributed by atoms with Gasteiger partial charge in [-0.05, 0) is 89.7 Å². The molecule has 1 aromatic carbocycles. The minimum absolute atomic E-state index is 0.0178. The van der Waals surface area contributed by atoms with Crippen LogP contribution in [0.3, 0.4) is 0 Å². The Morgan fingerprint density at radius 2 is 1.86 bits per heavy atom. The van der Waals surface area contributed by atoms with Gasteiger partial charge in [-0.2, -0.15) is 0 Å². The number of nitrogens with zero attached hydrogens (tertiary/aromatic N) is 5. The molecule has 1 fully saturated rings. The smallest absolute Gasteiger partial charge is 0.224 e. The van der Waals surface area contributed by atoms with Crippen LogP contribution in [0.2, 0.25) is 0 Å². The van der Waals surface area contributed by atoms with E-state index in [0.717, 1.165) is 42.3 Å². The minimum Gasteiger partial charge on any atom is -0.402 e. The summed E-state index contributed by atoms with van der Waals surface area (Å²) in [5, 5.41) is 3.45. The van der Waals surface area contributed by atoms with E-state index in [2.05, 4.69) is 52.9 Å². The average molecular weight is 525 g/mol. The van der Waals surface area contributed by atoms with Crippen molar-refractivity contribution in [1.29, 1.82) is 0 Å². The summed E-state index contributed by atoms with van der Waals surface area (Å²) in [6.07, 6.45) is 4.17. The quantitative estimate of drug-likeness (QED) is 0.261. The maximum absolute atomic E-state index is 11.7. The fourth-order valence-corrected chi connectivity index (χ4v) is 4.82. The molecule has 0 atom stereocenters. The van der Waals surface area contributed by atoms with Gasteiger partial charge in [0.1, 0.15) is 11.7 Å². The Morgan fingerprint density at radius 1 is 1.22 bits per heavy atom. The van der Waals surface area contributed by atoms with Crippen LogP contribution >= 0.6 is 11.8 Å². The van der Waals surface area contributed by atoms with Crippen molar-refractivity contribution in [1.82, 2.24) is 14.9 Å². The highest BCUT2D eigenvalue weighted by atomic mass is 32.2. The van der Waals surface area contributed by atoms with Crippen LogP contribution in [0, 0.1) is 0 Å². The van der Waals surface area contributed by atoms with Crippen LogP contribution in [-0.4, -0.2) is 58.3 Å². The van der Waals surface area contributed by atoms with E-state index < -0.39 is 0 Å². The number of carbonyl (C=O) groups is 1. The van der Waals surface area contributed by atoms with Crippen molar-refractivity contribution in [3.05, 3.63) is 42.1 Å². The van der Waals surface area contributed by atoms with Crippen molar-refractivity contribution >= 4 is 40.8 Å². The van der Waals surface area contributed by atoms with Gasteiger partial charge in [-0.1, -0.05) is 6.92 Å². The maximum atomic E-state index is 11.7. The van der Waals surface area contributed by atoms with E-state index in [9.17, 15) is 4.79 Å². The largest absolute Gasteiger partial charge is 0.402 e. The highest BCUT2D eigenvalue weighted by Crippen LogP contribution is 2.31. The molecular weight excluding hydrogens is 484 g/mol. The van der Waals surface area contributed by atoms with Crippen LogP contribution in [0.15, 0.2) is 57.1 Å². The number of aliphatic imine (C=N–C) groups is 1. The number of carbonyl (C=O) groups excluding carboxylic acids is 1. The summed E-state index contributed by atoms with van der Waals surface area (Å²) >= 11 is 1.44. The fraction of sp³-hybridized carbons (Fsp3) is 0.481. The van der Waals surface area contributed by atoms with E-state index in [-0.39, 0.29) is 11.4 Å². The van der Waals surface area contributed by atoms with Gasteiger partial charge in [-0.15, -0.1) is 0 Å². The van der Waals surface area contributed by atoms with Crippen LogP contribution in [0.25, 0.3) is 0 Å². The summed E-state index contributed by atoms with van der Waals surface area (Å²) in [7, 11) is 2.21. The first-order chi connectivity index (χ1) is 17.4. The van der Waals surface area contributed by atoms with Crippen molar-refractivity contribution < 1.29 is 4.79 Å². The van der Waals surface area contributed by atoms with Gasteiger partial charge in [0.15, 0.2) is 11.0 Å². The van der Waals surface area contributed by atoms with Gasteiger partial charge in [0.05, 0.1) is 0 Å². The van der Waals surface area contributed by atoms with Gasteiger partial charge in [-0.25, -0.2) is 15.0 Å². The van der Waals surface area contributed by atoms with Crippen molar-refractivity contribution in [2.24, 2.45) is 16.5 Å². The maximum Gasteiger partial charge on any atom is 0.224 e. The third-order valence-electron chi connectivity index (χ3n) is 6.36. The standard InChI is InChI=1S/C27H40N8OS/c1-7-25(36)30-19-8-10-21(11-9-19)37-26-32-23(31-22(29)16-18(2)28)17-24(33-26)35-14-12-20(13-15-35)34(6)27(3,4)5/h8-11,16-17,20H,7,12-15,28H2,1-6H3,(H,30,36)(H2,29,31,32,33)/b18-16-. The molecule has 0 aliphatic carbocycles. The lowest BCUT2D eigenvalue weighted by atomic mass is 9.97. The number of nitrogens with two attached hydrogens (primary N) is 2. The number of amidine groups is 1. The van der Waals surface area contributed by atoms with Crippen molar-refractivity contribution in [3.63, 3.8) is 0 Å². The van der Waals surface area contributed by atoms with Crippen molar-refractivity contribution in [3.8, 4) is 0 Å². The molecule has 10 heteroatoms. The molecule has 1 aromatic heterocycles. The van der Waals surface area contributed by atoms with Gasteiger partial charge in [0, 0.05) is 53.4 Å². The molecule has 0 unspecified atom stereocenters. The van der Waals surface area contributed by atoms with Crippen molar-refractivity contribution in [2.75, 3.05) is 30.4 Å². The Balaban J connectivity index is 1.84. The first-order valence-corrected chi connectivity index (χ1v) is 13.5. The highest BCUT2D eigenvalue weighted by molar-refractivity contribution is 7.99. The Labute approximate surface area is 224 Å². The molecule has 5 N–H and O–H groups in total. The molecule has 2 heterocycles. The molecule has 0 radical (unpaired) electrons. The number of rotatable bonds is 8. The first-order valence-electron chi connectivity index (χ1n) is 12.7. The Kier molecular flexibility index (Phi) is 9.56. The minimum atomic E-state index is -0.0178. The molecule has 0 spiro atoms. The zero-order chi connectivity index (χ0) is 27.2. The van der Waals surface area contributed by atoms with Crippen LogP contribution in [-0.2, 0) is 4.79 Å². The first kappa shape index (κ1) is 28.5. The van der Waals surface area contributed by atoms with E-state index >= 15 is 0 Å². The van der Waals surface area contributed by atoms with E-state index in [1.54, 1.807) is 13.0 Å². The van der Waals surface area contributed by atoms with Gasteiger partial charge in [0.25, 0.3) is 0 Å². The molecule has 9 nitrogen and oxygen atoms in total. The van der Waals surface area contributed by atoms with E-state index in [0.29, 0.717) is 35.0 Å². The highest BCUT2D eigenvalue weighted by Gasteiger charge is 2.29. The predicted octanol–water partition coefficient (Wildman–Crippen LogP) is 4.53. The van der Waals surface area contributed by atoms with Gasteiger partial charge < -0.3 is 21.7 Å². The second-order valence-electron chi connectivity index (χ2n) is 10.3. The lowest BCUT2D eigenvalue weighted by molar-refractivity contribution is -0.115. The van der Waals surface area contributed by atoms with Crippen LogP contribution in [0.4, 0.5) is 17.3 Å². The molecule has 1 aliphatic heterocycles. The van der Waals surface area contributed by atoms with Gasteiger partial charge in [-0.3, -0.25) is 9.69 Å². The van der Waals surface area contributed by atoms with Gasteiger partial charge >= 0.3 is 0 Å². The van der Waals surface area contributed by atoms with Crippen LogP contribution in [0.1, 0.15) is 53.9 Å². The number of piperidine rings is 1. The number of hydrogen-bond acceptors (Lipinski definition) is 8. The molecule has 1 aliphatic rings. The van der Waals surface area contributed by atoms with E-state index in [1.165, 1.54) is 11.8 Å². The number of allylic oxidation sites excluding steroid dienone is 1. The summed E-state index contributed by atoms with van der Waals surface area (Å²) in [4.78, 5) is 31.4. The number of nitrogens with one attached hydrogen (secondary N) is 1. The Hall–Kier alpha value is -3.11. The van der Waals surface area contributed by atoms with E-state index in [4.69, 9.17) is 16.5 Å². The van der Waals surface area contributed by atoms with E-state index in [1.807, 2.05) is 37.3 Å². The summed E-state index contributed by atoms with van der Waals surface area (Å²) in [6, 6.07) is 10.1. The lowest BCUT2D eigenvalue weighted by Gasteiger charge is -2.43. The zero-order valence-electron chi connectivity index (χ0n) is 22.8. The number of hydrogen-bond donors (Lipinski definition) is 3. The molecule has 1 amide bonds. The molecular formula is C27H40N8OS. The molecule has 1 saturated heterocycles. The predicted molar refractivity (Wildman–Crippen MR) is 153 cm³/mol. The Bertz CT molecular complexity index is 1130. The SMILES string of the molecule is CCC(=O)Nc1ccc(Sc2nc(/N=C(N)/C=C(/C)N)cc(N3CCC(N(C)C(C)(C)C)CC3)n2)cc1.